The third kappa shape index (κ3) is 4.93. The van der Waals surface area contributed by atoms with Crippen molar-refractivity contribution in [2.24, 2.45) is 11.7 Å². The normalized spacial score (nSPS) is 19.6. The van der Waals surface area contributed by atoms with Gasteiger partial charge in [-0.1, -0.05) is 0 Å². The summed E-state index contributed by atoms with van der Waals surface area (Å²) in [6, 6.07) is 0.0160. The molecule has 1 unspecified atom stereocenters. The van der Waals surface area contributed by atoms with E-state index in [-0.39, 0.29) is 6.04 Å². The van der Waals surface area contributed by atoms with Gasteiger partial charge in [0.15, 0.2) is 0 Å². The molecule has 0 amide bonds. The van der Waals surface area contributed by atoms with E-state index in [4.69, 9.17) is 5.73 Å². The SMILES string of the molecule is CC(CCCN)NS(=O)(=O)CC1CC1. The molecule has 0 aromatic rings. The van der Waals surface area contributed by atoms with E-state index in [0.717, 1.165) is 25.7 Å². The van der Waals surface area contributed by atoms with E-state index in [0.29, 0.717) is 18.2 Å². The molecular weight excluding hydrogens is 200 g/mol. The minimum absolute atomic E-state index is 0.0160. The second-order valence-electron chi connectivity index (χ2n) is 4.17. The fourth-order valence-electron chi connectivity index (χ4n) is 1.43. The number of hydrogen-bond donors (Lipinski definition) is 2. The van der Waals surface area contributed by atoms with Crippen LogP contribution in [0.3, 0.4) is 0 Å². The highest BCUT2D eigenvalue weighted by Gasteiger charge is 2.28. The quantitative estimate of drug-likeness (QED) is 0.654. The van der Waals surface area contributed by atoms with Crippen molar-refractivity contribution >= 4 is 10.0 Å². The molecule has 1 saturated carbocycles. The molecule has 1 fully saturated rings. The molecule has 3 N–H and O–H groups in total. The van der Waals surface area contributed by atoms with E-state index in [1.165, 1.54) is 0 Å². The Morgan fingerprint density at radius 2 is 2.14 bits per heavy atom. The molecule has 1 aliphatic rings. The third-order valence-electron chi connectivity index (χ3n) is 2.37. The number of rotatable bonds is 7. The molecule has 1 atom stereocenters. The second kappa shape index (κ2) is 5.09. The lowest BCUT2D eigenvalue weighted by molar-refractivity contribution is 0.536. The molecule has 14 heavy (non-hydrogen) atoms. The smallest absolute Gasteiger partial charge is 0.212 e. The fourth-order valence-corrected chi connectivity index (χ4v) is 3.21. The first kappa shape index (κ1) is 11.9. The molecule has 0 aliphatic heterocycles. The van der Waals surface area contributed by atoms with Crippen molar-refractivity contribution in [1.82, 2.24) is 4.72 Å². The van der Waals surface area contributed by atoms with Crippen LogP contribution in [0.25, 0.3) is 0 Å². The van der Waals surface area contributed by atoms with Gasteiger partial charge in [-0.05, 0) is 45.1 Å². The zero-order valence-electron chi connectivity index (χ0n) is 8.70. The summed E-state index contributed by atoms with van der Waals surface area (Å²) in [7, 11) is -3.04. The Bertz CT molecular complexity index is 260. The first-order chi connectivity index (χ1) is 6.53. The summed E-state index contributed by atoms with van der Waals surface area (Å²) in [4.78, 5) is 0. The number of nitrogens with one attached hydrogen (secondary N) is 1. The lowest BCUT2D eigenvalue weighted by atomic mass is 10.2. The van der Waals surface area contributed by atoms with Gasteiger partial charge < -0.3 is 5.73 Å². The standard InChI is InChI=1S/C9H20N2O2S/c1-8(3-2-6-10)11-14(12,13)7-9-4-5-9/h8-9,11H,2-7,10H2,1H3. The molecule has 0 aromatic carbocycles. The Morgan fingerprint density at radius 1 is 1.50 bits per heavy atom. The van der Waals surface area contributed by atoms with Crippen LogP contribution >= 0.6 is 0 Å². The molecule has 5 heteroatoms. The van der Waals surface area contributed by atoms with Crippen molar-refractivity contribution in [3.05, 3.63) is 0 Å². The van der Waals surface area contributed by atoms with Gasteiger partial charge in [-0.25, -0.2) is 13.1 Å². The van der Waals surface area contributed by atoms with Crippen molar-refractivity contribution in [2.45, 2.75) is 38.6 Å². The van der Waals surface area contributed by atoms with E-state index < -0.39 is 10.0 Å². The van der Waals surface area contributed by atoms with Gasteiger partial charge in [0.2, 0.25) is 10.0 Å². The minimum Gasteiger partial charge on any atom is -0.330 e. The van der Waals surface area contributed by atoms with E-state index in [1.807, 2.05) is 6.92 Å². The highest BCUT2D eigenvalue weighted by Crippen LogP contribution is 2.30. The Labute approximate surface area is 86.3 Å². The van der Waals surface area contributed by atoms with Crippen LogP contribution in [0.4, 0.5) is 0 Å². The second-order valence-corrected chi connectivity index (χ2v) is 5.97. The molecule has 0 spiro atoms. The topological polar surface area (TPSA) is 72.2 Å². The third-order valence-corrected chi connectivity index (χ3v) is 4.05. The zero-order chi connectivity index (χ0) is 10.6. The van der Waals surface area contributed by atoms with E-state index >= 15 is 0 Å². The molecule has 0 radical (unpaired) electrons. The van der Waals surface area contributed by atoms with E-state index in [2.05, 4.69) is 4.72 Å². The van der Waals surface area contributed by atoms with Crippen molar-refractivity contribution in [1.29, 1.82) is 0 Å². The van der Waals surface area contributed by atoms with Gasteiger partial charge in [-0.15, -0.1) is 0 Å². The highest BCUT2D eigenvalue weighted by atomic mass is 32.2. The van der Waals surface area contributed by atoms with Crippen LogP contribution in [0, 0.1) is 5.92 Å². The number of sulfonamides is 1. The lowest BCUT2D eigenvalue weighted by Crippen LogP contribution is -2.35. The molecule has 0 bridgehead atoms. The molecule has 84 valence electrons. The zero-order valence-corrected chi connectivity index (χ0v) is 9.52. The predicted octanol–water partition coefficient (Wildman–Crippen LogP) is 0.443. The predicted molar refractivity (Wildman–Crippen MR) is 57.4 cm³/mol. The van der Waals surface area contributed by atoms with Gasteiger partial charge in [0.05, 0.1) is 5.75 Å². The van der Waals surface area contributed by atoms with Crippen LogP contribution in [0.15, 0.2) is 0 Å². The van der Waals surface area contributed by atoms with Gasteiger partial charge in [0, 0.05) is 6.04 Å². The molecule has 0 heterocycles. The number of hydrogen-bond acceptors (Lipinski definition) is 3. The van der Waals surface area contributed by atoms with Crippen molar-refractivity contribution in [3.63, 3.8) is 0 Å². The maximum absolute atomic E-state index is 11.5. The maximum Gasteiger partial charge on any atom is 0.212 e. The van der Waals surface area contributed by atoms with Crippen LogP contribution in [-0.2, 0) is 10.0 Å². The van der Waals surface area contributed by atoms with Crippen LogP contribution < -0.4 is 10.5 Å². The lowest BCUT2D eigenvalue weighted by Gasteiger charge is -2.13. The minimum atomic E-state index is -3.04. The van der Waals surface area contributed by atoms with Crippen LogP contribution in [0.5, 0.6) is 0 Å². The van der Waals surface area contributed by atoms with Crippen LogP contribution in [0.1, 0.15) is 32.6 Å². The van der Waals surface area contributed by atoms with Gasteiger partial charge in [-0.3, -0.25) is 0 Å². The van der Waals surface area contributed by atoms with E-state index in [9.17, 15) is 8.42 Å². The first-order valence-electron chi connectivity index (χ1n) is 5.23. The molecule has 0 saturated heterocycles. The summed E-state index contributed by atoms with van der Waals surface area (Å²) in [5, 5.41) is 0. The summed E-state index contributed by atoms with van der Waals surface area (Å²) in [5.74, 6) is 0.717. The van der Waals surface area contributed by atoms with Crippen molar-refractivity contribution < 1.29 is 8.42 Å². The average molecular weight is 220 g/mol. The fraction of sp³-hybridized carbons (Fsp3) is 1.00. The molecule has 0 aromatic heterocycles. The Kier molecular flexibility index (Phi) is 4.34. The van der Waals surface area contributed by atoms with E-state index in [1.54, 1.807) is 0 Å². The van der Waals surface area contributed by atoms with Gasteiger partial charge in [0.1, 0.15) is 0 Å². The summed E-state index contributed by atoms with van der Waals surface area (Å²) in [5.41, 5.74) is 5.35. The maximum atomic E-state index is 11.5. The van der Waals surface area contributed by atoms with Crippen LogP contribution in [0.2, 0.25) is 0 Å². The monoisotopic (exact) mass is 220 g/mol. The average Bonchev–Trinajstić information content (AvgIpc) is 2.82. The van der Waals surface area contributed by atoms with Gasteiger partial charge in [0.25, 0.3) is 0 Å². The molecule has 4 nitrogen and oxygen atoms in total. The molecule has 1 rings (SSSR count). The summed E-state index contributed by atoms with van der Waals surface area (Å²) in [6.07, 6.45) is 3.82. The molecule has 1 aliphatic carbocycles. The van der Waals surface area contributed by atoms with Gasteiger partial charge >= 0.3 is 0 Å². The molecular formula is C9H20N2O2S. The Balaban J connectivity index is 2.25. The van der Waals surface area contributed by atoms with Gasteiger partial charge in [-0.2, -0.15) is 0 Å². The first-order valence-corrected chi connectivity index (χ1v) is 6.89. The van der Waals surface area contributed by atoms with Crippen molar-refractivity contribution in [3.8, 4) is 0 Å². The largest absolute Gasteiger partial charge is 0.330 e. The Morgan fingerprint density at radius 3 is 2.64 bits per heavy atom. The summed E-state index contributed by atoms with van der Waals surface area (Å²) >= 11 is 0. The number of nitrogens with two attached hydrogens (primary N) is 1. The Hall–Kier alpha value is -0.130. The van der Waals surface area contributed by atoms with Crippen molar-refractivity contribution in [2.75, 3.05) is 12.3 Å². The summed E-state index contributed by atoms with van der Waals surface area (Å²) < 4.78 is 25.7. The van der Waals surface area contributed by atoms with Crippen LogP contribution in [-0.4, -0.2) is 26.8 Å². The summed E-state index contributed by atoms with van der Waals surface area (Å²) in [6.45, 7) is 2.51. The highest BCUT2D eigenvalue weighted by molar-refractivity contribution is 7.89.